The third-order valence-electron chi connectivity index (χ3n) is 5.14. The van der Waals surface area contributed by atoms with Crippen molar-refractivity contribution in [2.24, 2.45) is 0 Å². The van der Waals surface area contributed by atoms with Crippen LogP contribution in [0.4, 0.5) is 11.4 Å². The second-order valence-electron chi connectivity index (χ2n) is 7.30. The van der Waals surface area contributed by atoms with Crippen LogP contribution in [0.1, 0.15) is 27.9 Å². The summed E-state index contributed by atoms with van der Waals surface area (Å²) in [4.78, 5) is 15.1. The highest BCUT2D eigenvalue weighted by Gasteiger charge is 2.25. The maximum Gasteiger partial charge on any atom is 0.261 e. The maximum absolute atomic E-state index is 13.3. The van der Waals surface area contributed by atoms with Crippen molar-refractivity contribution in [1.29, 1.82) is 0 Å². The number of hydrogen-bond donors (Lipinski definition) is 1. The smallest absolute Gasteiger partial charge is 0.261 e. The van der Waals surface area contributed by atoms with E-state index in [4.69, 9.17) is 11.6 Å². The predicted octanol–water partition coefficient (Wildman–Crippen LogP) is 5.04. The number of para-hydroxylation sites is 1. The van der Waals surface area contributed by atoms with Gasteiger partial charge in [0.25, 0.3) is 15.9 Å². The second kappa shape index (κ2) is 8.13. The number of fused-ring (bicyclic) bond motifs is 1. The number of aryl methyl sites for hydroxylation is 2. The molecule has 0 saturated carbocycles. The first-order valence-corrected chi connectivity index (χ1v) is 11.5. The van der Waals surface area contributed by atoms with Crippen LogP contribution in [-0.2, 0) is 16.4 Å². The zero-order valence-corrected chi connectivity index (χ0v) is 18.0. The molecule has 0 unspecified atom stereocenters. The van der Waals surface area contributed by atoms with Crippen molar-refractivity contribution in [2.75, 3.05) is 16.2 Å². The molecule has 5 nitrogen and oxygen atoms in total. The summed E-state index contributed by atoms with van der Waals surface area (Å²) < 4.78 is 28.0. The first-order valence-electron chi connectivity index (χ1n) is 9.64. The number of amides is 1. The number of rotatable bonds is 4. The highest BCUT2D eigenvalue weighted by Crippen LogP contribution is 2.31. The minimum atomic E-state index is -3.78. The Morgan fingerprint density at radius 3 is 2.53 bits per heavy atom. The van der Waals surface area contributed by atoms with E-state index in [-0.39, 0.29) is 27.1 Å². The quantitative estimate of drug-likeness (QED) is 0.617. The number of nitrogens with one attached hydrogen (secondary N) is 1. The van der Waals surface area contributed by atoms with Crippen LogP contribution in [0.3, 0.4) is 0 Å². The molecule has 3 aromatic rings. The third-order valence-corrected chi connectivity index (χ3v) is 6.86. The summed E-state index contributed by atoms with van der Waals surface area (Å²) in [5.74, 6) is -0.247. The summed E-state index contributed by atoms with van der Waals surface area (Å²) in [6, 6.07) is 18.9. The van der Waals surface area contributed by atoms with Gasteiger partial charge in [-0.2, -0.15) is 0 Å². The number of carbonyl (C=O) groups is 1. The van der Waals surface area contributed by atoms with Gasteiger partial charge >= 0.3 is 0 Å². The number of anilines is 2. The van der Waals surface area contributed by atoms with Crippen LogP contribution in [-0.4, -0.2) is 20.9 Å². The molecule has 1 aliphatic rings. The molecule has 154 valence electrons. The van der Waals surface area contributed by atoms with Crippen LogP contribution in [0, 0.1) is 6.92 Å². The predicted molar refractivity (Wildman–Crippen MR) is 120 cm³/mol. The Labute approximate surface area is 181 Å². The van der Waals surface area contributed by atoms with Crippen molar-refractivity contribution in [3.05, 3.63) is 88.4 Å². The molecule has 1 N–H and O–H groups in total. The fraction of sp³-hybridized carbons (Fsp3) is 0.174. The van der Waals surface area contributed by atoms with Gasteiger partial charge in [-0.1, -0.05) is 47.5 Å². The van der Waals surface area contributed by atoms with Crippen molar-refractivity contribution >= 4 is 38.9 Å². The molecule has 30 heavy (non-hydrogen) atoms. The van der Waals surface area contributed by atoms with Gasteiger partial charge in [0, 0.05) is 17.9 Å². The minimum absolute atomic E-state index is 0.154. The van der Waals surface area contributed by atoms with E-state index >= 15 is 0 Å². The molecule has 7 heteroatoms. The van der Waals surface area contributed by atoms with E-state index in [9.17, 15) is 13.2 Å². The zero-order valence-electron chi connectivity index (χ0n) is 16.4. The fourth-order valence-corrected chi connectivity index (χ4v) is 4.82. The van der Waals surface area contributed by atoms with Gasteiger partial charge in [0.1, 0.15) is 0 Å². The monoisotopic (exact) mass is 440 g/mol. The molecule has 0 aromatic heterocycles. The van der Waals surface area contributed by atoms with E-state index in [2.05, 4.69) is 4.72 Å². The lowest BCUT2D eigenvalue weighted by atomic mass is 10.0. The fourth-order valence-electron chi connectivity index (χ4n) is 3.57. The van der Waals surface area contributed by atoms with E-state index in [1.165, 1.54) is 12.1 Å². The Morgan fingerprint density at radius 2 is 1.77 bits per heavy atom. The molecule has 0 aliphatic carbocycles. The standard InChI is InChI=1S/C23H21ClN2O3S/c1-16-8-11-19(12-9-16)30(28,29)25-18-10-13-21(24)20(15-18)23(27)26-14-4-6-17-5-2-3-7-22(17)26/h2-3,5,7-13,15,25H,4,6,14H2,1H3. The molecule has 0 spiro atoms. The van der Waals surface area contributed by atoms with Crippen LogP contribution in [0.5, 0.6) is 0 Å². The average Bonchev–Trinajstić information content (AvgIpc) is 2.74. The Balaban J connectivity index is 1.64. The summed E-state index contributed by atoms with van der Waals surface area (Å²) in [6.45, 7) is 2.48. The molecular formula is C23H21ClN2O3S. The van der Waals surface area contributed by atoms with Crippen molar-refractivity contribution in [3.63, 3.8) is 0 Å². The number of sulfonamides is 1. The SMILES string of the molecule is Cc1ccc(S(=O)(=O)Nc2ccc(Cl)c(C(=O)N3CCCc4ccccc43)c2)cc1. The topological polar surface area (TPSA) is 66.5 Å². The molecular weight excluding hydrogens is 420 g/mol. The van der Waals surface area contributed by atoms with Crippen LogP contribution < -0.4 is 9.62 Å². The average molecular weight is 441 g/mol. The van der Waals surface area contributed by atoms with Gasteiger partial charge in [-0.3, -0.25) is 9.52 Å². The van der Waals surface area contributed by atoms with Gasteiger partial charge in [0.05, 0.1) is 15.5 Å². The normalized spacial score (nSPS) is 13.6. The van der Waals surface area contributed by atoms with Gasteiger partial charge < -0.3 is 4.90 Å². The summed E-state index contributed by atoms with van der Waals surface area (Å²) in [7, 11) is -3.78. The number of nitrogens with zero attached hydrogens (tertiary/aromatic N) is 1. The maximum atomic E-state index is 13.3. The first-order chi connectivity index (χ1) is 14.3. The zero-order chi connectivity index (χ0) is 21.3. The van der Waals surface area contributed by atoms with Gasteiger partial charge in [0.15, 0.2) is 0 Å². The molecule has 1 amide bonds. The highest BCUT2D eigenvalue weighted by molar-refractivity contribution is 7.92. The lowest BCUT2D eigenvalue weighted by Crippen LogP contribution is -2.35. The van der Waals surface area contributed by atoms with E-state index in [0.29, 0.717) is 6.54 Å². The van der Waals surface area contributed by atoms with Gasteiger partial charge in [-0.15, -0.1) is 0 Å². The Kier molecular flexibility index (Phi) is 5.54. The third kappa shape index (κ3) is 4.06. The molecule has 1 aliphatic heterocycles. The van der Waals surface area contributed by atoms with Gasteiger partial charge in [0.2, 0.25) is 0 Å². The van der Waals surface area contributed by atoms with E-state index in [0.717, 1.165) is 29.7 Å². The number of carbonyl (C=O) groups excluding carboxylic acids is 1. The largest absolute Gasteiger partial charge is 0.308 e. The lowest BCUT2D eigenvalue weighted by Gasteiger charge is -2.29. The Hall–Kier alpha value is -2.83. The van der Waals surface area contributed by atoms with Crippen LogP contribution >= 0.6 is 11.6 Å². The van der Waals surface area contributed by atoms with E-state index in [1.54, 1.807) is 35.2 Å². The second-order valence-corrected chi connectivity index (χ2v) is 9.39. The molecule has 0 atom stereocenters. The molecule has 1 heterocycles. The van der Waals surface area contributed by atoms with Crippen LogP contribution in [0.25, 0.3) is 0 Å². The first kappa shape index (κ1) is 20.4. The molecule has 0 fully saturated rings. The molecule has 0 radical (unpaired) electrons. The lowest BCUT2D eigenvalue weighted by molar-refractivity contribution is 0.0985. The summed E-state index contributed by atoms with van der Waals surface area (Å²) in [5, 5.41) is 0.279. The van der Waals surface area contributed by atoms with Crippen LogP contribution in [0.15, 0.2) is 71.6 Å². The van der Waals surface area contributed by atoms with Crippen molar-refractivity contribution in [3.8, 4) is 0 Å². The molecule has 3 aromatic carbocycles. The van der Waals surface area contributed by atoms with Crippen molar-refractivity contribution in [2.45, 2.75) is 24.7 Å². The highest BCUT2D eigenvalue weighted by atomic mass is 35.5. The minimum Gasteiger partial charge on any atom is -0.308 e. The van der Waals surface area contributed by atoms with Gasteiger partial charge in [-0.25, -0.2) is 8.42 Å². The number of benzene rings is 3. The Morgan fingerprint density at radius 1 is 1.03 bits per heavy atom. The van der Waals surface area contributed by atoms with E-state index < -0.39 is 10.0 Å². The molecule has 0 saturated heterocycles. The molecule has 0 bridgehead atoms. The van der Waals surface area contributed by atoms with Crippen LogP contribution in [0.2, 0.25) is 5.02 Å². The summed E-state index contributed by atoms with van der Waals surface area (Å²) in [5.41, 5.74) is 3.50. The summed E-state index contributed by atoms with van der Waals surface area (Å²) >= 11 is 6.32. The number of hydrogen-bond acceptors (Lipinski definition) is 3. The Bertz CT molecular complexity index is 1210. The molecule has 4 rings (SSSR count). The number of halogens is 1. The van der Waals surface area contributed by atoms with E-state index in [1.807, 2.05) is 31.2 Å². The van der Waals surface area contributed by atoms with Crippen molar-refractivity contribution < 1.29 is 13.2 Å². The summed E-state index contributed by atoms with van der Waals surface area (Å²) in [6.07, 6.45) is 1.78. The van der Waals surface area contributed by atoms with Crippen molar-refractivity contribution in [1.82, 2.24) is 0 Å². The van der Waals surface area contributed by atoms with Gasteiger partial charge in [-0.05, 0) is 61.7 Å².